The summed E-state index contributed by atoms with van der Waals surface area (Å²) in [4.78, 5) is 12.5. The molecule has 2 heterocycles. The average Bonchev–Trinajstić information content (AvgIpc) is 3.47. The summed E-state index contributed by atoms with van der Waals surface area (Å²) in [6, 6.07) is 29.5. The number of nitrogens with zero attached hydrogens (tertiary/aromatic N) is 2. The van der Waals surface area contributed by atoms with Crippen LogP contribution in [0.15, 0.2) is 101 Å². The van der Waals surface area contributed by atoms with Gasteiger partial charge in [0.15, 0.2) is 5.76 Å². The number of para-hydroxylation sites is 1. The van der Waals surface area contributed by atoms with Crippen LogP contribution in [0, 0.1) is 13.8 Å². The quantitative estimate of drug-likeness (QED) is 0.231. The molecule has 0 spiro atoms. The lowest BCUT2D eigenvalue weighted by atomic mass is 10.1. The molecule has 0 radical (unpaired) electrons. The van der Waals surface area contributed by atoms with Crippen molar-refractivity contribution in [1.29, 1.82) is 0 Å². The van der Waals surface area contributed by atoms with Gasteiger partial charge >= 0.3 is 5.91 Å². The van der Waals surface area contributed by atoms with Crippen molar-refractivity contribution in [3.63, 3.8) is 0 Å². The van der Waals surface area contributed by atoms with Gasteiger partial charge in [-0.1, -0.05) is 48.5 Å². The Morgan fingerprint density at radius 3 is 2.54 bits per heavy atom. The monoisotopic (exact) mass is 463 g/mol. The Hall–Kier alpha value is -4.58. The van der Waals surface area contributed by atoms with Gasteiger partial charge < -0.3 is 13.7 Å². The van der Waals surface area contributed by atoms with Gasteiger partial charge in [0.05, 0.1) is 6.21 Å². The molecule has 0 saturated heterocycles. The van der Waals surface area contributed by atoms with Crippen molar-refractivity contribution in [2.24, 2.45) is 5.10 Å². The highest BCUT2D eigenvalue weighted by Crippen LogP contribution is 2.23. The number of ether oxygens (including phenoxy) is 1. The first-order chi connectivity index (χ1) is 17.1. The number of rotatable bonds is 7. The molecule has 35 heavy (non-hydrogen) atoms. The Labute approximate surface area is 203 Å². The van der Waals surface area contributed by atoms with Gasteiger partial charge in [-0.2, -0.15) is 5.10 Å². The number of amides is 1. The molecule has 6 nitrogen and oxygen atoms in total. The van der Waals surface area contributed by atoms with E-state index in [9.17, 15) is 4.79 Å². The second-order valence-corrected chi connectivity index (χ2v) is 8.26. The van der Waals surface area contributed by atoms with E-state index in [2.05, 4.69) is 52.3 Å². The summed E-state index contributed by atoms with van der Waals surface area (Å²) >= 11 is 0. The fraction of sp³-hybridized carbons (Fsp3) is 0.103. The molecule has 174 valence electrons. The van der Waals surface area contributed by atoms with Gasteiger partial charge in [-0.3, -0.25) is 4.79 Å². The largest absolute Gasteiger partial charge is 0.486 e. The number of fused-ring (bicyclic) bond motifs is 1. The Balaban J connectivity index is 1.25. The van der Waals surface area contributed by atoms with Crippen LogP contribution in [-0.4, -0.2) is 16.7 Å². The first-order valence-electron chi connectivity index (χ1n) is 11.4. The van der Waals surface area contributed by atoms with Crippen LogP contribution in [0.1, 0.15) is 33.3 Å². The third kappa shape index (κ3) is 4.87. The molecular weight excluding hydrogens is 438 g/mol. The number of hydrazone groups is 1. The molecule has 0 bridgehead atoms. The molecule has 0 fully saturated rings. The summed E-state index contributed by atoms with van der Waals surface area (Å²) in [6.07, 6.45) is 1.65. The number of hydrogen-bond donors (Lipinski definition) is 1. The number of nitrogens with one attached hydrogen (secondary N) is 1. The molecule has 0 unspecified atom stereocenters. The smallest absolute Gasteiger partial charge is 0.307 e. The van der Waals surface area contributed by atoms with Gasteiger partial charge in [0.2, 0.25) is 0 Å². The number of aryl methyl sites for hydroxylation is 1. The van der Waals surface area contributed by atoms with Crippen LogP contribution in [0.2, 0.25) is 0 Å². The molecule has 0 aliphatic rings. The van der Waals surface area contributed by atoms with Crippen LogP contribution in [-0.2, 0) is 6.61 Å². The van der Waals surface area contributed by atoms with E-state index in [-0.39, 0.29) is 12.4 Å². The highest BCUT2D eigenvalue weighted by molar-refractivity contribution is 5.92. The van der Waals surface area contributed by atoms with E-state index < -0.39 is 5.91 Å². The SMILES string of the molecule is Cc1cc(C=NNC(=O)c2ccc(COc3ccccc3)o2)c(C)n1-c1ccc2ccccc2c1. The van der Waals surface area contributed by atoms with Gasteiger partial charge in [-0.15, -0.1) is 0 Å². The van der Waals surface area contributed by atoms with Crippen LogP contribution in [0.25, 0.3) is 16.5 Å². The first-order valence-corrected chi connectivity index (χ1v) is 11.4. The zero-order valence-corrected chi connectivity index (χ0v) is 19.6. The van der Waals surface area contributed by atoms with Gasteiger partial charge in [0.1, 0.15) is 18.1 Å². The third-order valence-corrected chi connectivity index (χ3v) is 5.84. The van der Waals surface area contributed by atoms with Crippen LogP contribution < -0.4 is 10.2 Å². The van der Waals surface area contributed by atoms with E-state index in [1.807, 2.05) is 55.5 Å². The summed E-state index contributed by atoms with van der Waals surface area (Å²) in [5, 5.41) is 6.54. The fourth-order valence-electron chi connectivity index (χ4n) is 4.10. The maximum Gasteiger partial charge on any atom is 0.307 e. The maximum absolute atomic E-state index is 12.5. The number of benzene rings is 3. The number of aromatic nitrogens is 1. The Bertz CT molecular complexity index is 1510. The molecule has 2 aromatic heterocycles. The molecule has 1 N–H and O–H groups in total. The third-order valence-electron chi connectivity index (χ3n) is 5.84. The van der Waals surface area contributed by atoms with Crippen molar-refractivity contribution in [3.8, 4) is 11.4 Å². The van der Waals surface area contributed by atoms with Crippen LogP contribution >= 0.6 is 0 Å². The minimum Gasteiger partial charge on any atom is -0.486 e. The predicted molar refractivity (Wildman–Crippen MR) is 137 cm³/mol. The summed E-state index contributed by atoms with van der Waals surface area (Å²) in [5.41, 5.74) is 6.67. The van der Waals surface area contributed by atoms with Crippen LogP contribution in [0.4, 0.5) is 0 Å². The standard InChI is InChI=1S/C29H25N3O3/c1-20-16-24(21(2)32(20)25-13-12-22-8-6-7-9-23(22)17-25)18-30-31-29(33)28-15-14-27(35-28)19-34-26-10-4-3-5-11-26/h3-18H,19H2,1-2H3,(H,31,33). The molecule has 1 amide bonds. The normalized spacial score (nSPS) is 11.3. The molecule has 3 aromatic carbocycles. The van der Waals surface area contributed by atoms with Crippen molar-refractivity contribution in [3.05, 3.63) is 119 Å². The Kier molecular flexibility index (Phi) is 6.18. The van der Waals surface area contributed by atoms with E-state index in [1.54, 1.807) is 18.3 Å². The second kappa shape index (κ2) is 9.73. The number of carbonyl (C=O) groups is 1. The summed E-state index contributed by atoms with van der Waals surface area (Å²) in [6.45, 7) is 4.33. The molecule has 0 aliphatic carbocycles. The molecular formula is C29H25N3O3. The van der Waals surface area contributed by atoms with Crippen molar-refractivity contribution in [2.45, 2.75) is 20.5 Å². The minimum atomic E-state index is -0.421. The molecule has 5 rings (SSSR count). The van der Waals surface area contributed by atoms with Gasteiger partial charge in [-0.25, -0.2) is 5.43 Å². The van der Waals surface area contributed by atoms with Gasteiger partial charge in [-0.05, 0) is 67.1 Å². The second-order valence-electron chi connectivity index (χ2n) is 8.26. The van der Waals surface area contributed by atoms with E-state index in [0.717, 1.165) is 28.4 Å². The summed E-state index contributed by atoms with van der Waals surface area (Å²) < 4.78 is 13.4. The topological polar surface area (TPSA) is 68.8 Å². The lowest BCUT2D eigenvalue weighted by Crippen LogP contribution is -2.16. The zero-order valence-electron chi connectivity index (χ0n) is 19.6. The predicted octanol–water partition coefficient (Wildman–Crippen LogP) is 6.18. The van der Waals surface area contributed by atoms with Crippen LogP contribution in [0.5, 0.6) is 5.75 Å². The van der Waals surface area contributed by atoms with Gasteiger partial charge in [0.25, 0.3) is 0 Å². The Morgan fingerprint density at radius 1 is 0.943 bits per heavy atom. The molecule has 6 heteroatoms. The molecule has 0 aliphatic heterocycles. The Morgan fingerprint density at radius 2 is 1.71 bits per heavy atom. The molecule has 0 saturated carbocycles. The minimum absolute atomic E-state index is 0.176. The van der Waals surface area contributed by atoms with E-state index in [4.69, 9.17) is 9.15 Å². The maximum atomic E-state index is 12.5. The van der Waals surface area contributed by atoms with E-state index in [0.29, 0.717) is 5.76 Å². The number of furan rings is 1. The lowest BCUT2D eigenvalue weighted by Gasteiger charge is -2.11. The van der Waals surface area contributed by atoms with Gasteiger partial charge in [0, 0.05) is 22.6 Å². The highest BCUT2D eigenvalue weighted by atomic mass is 16.5. The fourth-order valence-corrected chi connectivity index (χ4v) is 4.10. The van der Waals surface area contributed by atoms with Crippen molar-refractivity contribution < 1.29 is 13.9 Å². The number of carbonyl (C=O) groups excluding carboxylic acids is 1. The molecule has 0 atom stereocenters. The first kappa shape index (κ1) is 22.2. The summed E-state index contributed by atoms with van der Waals surface area (Å²) in [5.74, 6) is 1.05. The van der Waals surface area contributed by atoms with E-state index >= 15 is 0 Å². The van der Waals surface area contributed by atoms with Crippen molar-refractivity contribution in [2.75, 3.05) is 0 Å². The average molecular weight is 464 g/mol. The van der Waals surface area contributed by atoms with Crippen molar-refractivity contribution >= 4 is 22.9 Å². The lowest BCUT2D eigenvalue weighted by molar-refractivity contribution is 0.0923. The van der Waals surface area contributed by atoms with Crippen LogP contribution in [0.3, 0.4) is 0 Å². The van der Waals surface area contributed by atoms with Crippen molar-refractivity contribution in [1.82, 2.24) is 9.99 Å². The zero-order chi connectivity index (χ0) is 24.2. The number of hydrogen-bond acceptors (Lipinski definition) is 4. The highest BCUT2D eigenvalue weighted by Gasteiger charge is 2.12. The molecule has 5 aromatic rings. The summed E-state index contributed by atoms with van der Waals surface area (Å²) in [7, 11) is 0. The van der Waals surface area contributed by atoms with E-state index in [1.165, 1.54) is 10.8 Å².